The average Bonchev–Trinajstić information content (AvgIpc) is 2.35. The molecule has 0 aliphatic carbocycles. The third-order valence-corrected chi connectivity index (χ3v) is 2.74. The molecule has 0 aliphatic heterocycles. The van der Waals surface area contributed by atoms with E-state index in [0.717, 1.165) is 17.5 Å². The van der Waals surface area contributed by atoms with Gasteiger partial charge in [-0.2, -0.15) is 0 Å². The van der Waals surface area contributed by atoms with Crippen LogP contribution in [0.2, 0.25) is 0 Å². The highest BCUT2D eigenvalue weighted by Gasteiger charge is 2.14. The molecule has 2 heteroatoms. The van der Waals surface area contributed by atoms with Gasteiger partial charge in [-0.3, -0.25) is 0 Å². The number of hydrogen-bond donors (Lipinski definition) is 1. The van der Waals surface area contributed by atoms with Gasteiger partial charge in [0.1, 0.15) is 0 Å². The van der Waals surface area contributed by atoms with Crippen LogP contribution in [0.1, 0.15) is 38.3 Å². The molecule has 0 saturated carbocycles. The summed E-state index contributed by atoms with van der Waals surface area (Å²) in [6.45, 7) is 7.35. The molecule has 92 valence electrons. The Morgan fingerprint density at radius 1 is 1.35 bits per heavy atom. The van der Waals surface area contributed by atoms with Crippen molar-refractivity contribution in [2.75, 3.05) is 6.54 Å². The summed E-state index contributed by atoms with van der Waals surface area (Å²) >= 11 is 0. The highest BCUT2D eigenvalue weighted by Crippen LogP contribution is 2.16. The van der Waals surface area contributed by atoms with Crippen LogP contribution in [0.15, 0.2) is 24.3 Å². The zero-order chi connectivity index (χ0) is 12.7. The summed E-state index contributed by atoms with van der Waals surface area (Å²) in [5.74, 6) is 5.88. The molecule has 0 spiro atoms. The molecule has 0 atom stereocenters. The van der Waals surface area contributed by atoms with Crippen molar-refractivity contribution in [3.63, 3.8) is 0 Å². The predicted molar refractivity (Wildman–Crippen MR) is 71.5 cm³/mol. The van der Waals surface area contributed by atoms with E-state index >= 15 is 0 Å². The lowest BCUT2D eigenvalue weighted by Gasteiger charge is -2.23. The molecule has 0 fully saturated rings. The zero-order valence-corrected chi connectivity index (χ0v) is 10.9. The first-order chi connectivity index (χ1) is 8.07. The van der Waals surface area contributed by atoms with Gasteiger partial charge in [0, 0.05) is 5.56 Å². The van der Waals surface area contributed by atoms with Crippen LogP contribution in [0.5, 0.6) is 0 Å². The van der Waals surface area contributed by atoms with Crippen molar-refractivity contribution in [2.24, 2.45) is 5.73 Å². The third kappa shape index (κ3) is 5.04. The van der Waals surface area contributed by atoms with Crippen molar-refractivity contribution < 1.29 is 4.74 Å². The van der Waals surface area contributed by atoms with Crippen LogP contribution in [0.25, 0.3) is 0 Å². The fraction of sp³-hybridized carbons (Fsp3) is 0.467. The van der Waals surface area contributed by atoms with E-state index in [2.05, 4.69) is 44.7 Å². The largest absolute Gasteiger partial charge is 0.371 e. The minimum Gasteiger partial charge on any atom is -0.371 e. The van der Waals surface area contributed by atoms with Crippen molar-refractivity contribution in [3.05, 3.63) is 35.4 Å². The van der Waals surface area contributed by atoms with Gasteiger partial charge in [0.15, 0.2) is 0 Å². The molecule has 0 aromatic heterocycles. The second-order valence-electron chi connectivity index (χ2n) is 4.61. The Morgan fingerprint density at radius 3 is 2.76 bits per heavy atom. The minimum atomic E-state index is -0.0705. The van der Waals surface area contributed by atoms with E-state index in [1.165, 1.54) is 0 Å². The van der Waals surface area contributed by atoms with Gasteiger partial charge in [-0.15, -0.1) is 0 Å². The summed E-state index contributed by atoms with van der Waals surface area (Å²) in [6.07, 6.45) is 1.000. The number of benzene rings is 1. The van der Waals surface area contributed by atoms with Crippen molar-refractivity contribution in [1.29, 1.82) is 0 Å². The van der Waals surface area contributed by atoms with Crippen LogP contribution in [-0.2, 0) is 11.3 Å². The summed E-state index contributed by atoms with van der Waals surface area (Å²) in [5, 5.41) is 0. The van der Waals surface area contributed by atoms with E-state index in [-0.39, 0.29) is 5.60 Å². The molecule has 0 unspecified atom stereocenters. The summed E-state index contributed by atoms with van der Waals surface area (Å²) in [7, 11) is 0. The van der Waals surface area contributed by atoms with E-state index < -0.39 is 0 Å². The first-order valence-electron chi connectivity index (χ1n) is 5.99. The molecular formula is C15H21NO. The summed E-state index contributed by atoms with van der Waals surface area (Å²) in [4.78, 5) is 0. The molecule has 0 amide bonds. The number of ether oxygens (including phenoxy) is 1. The lowest BCUT2D eigenvalue weighted by molar-refractivity contribution is -0.0316. The van der Waals surface area contributed by atoms with Crippen LogP contribution >= 0.6 is 0 Å². The number of hydrogen-bond acceptors (Lipinski definition) is 2. The Morgan fingerprint density at radius 2 is 2.12 bits per heavy atom. The second-order valence-corrected chi connectivity index (χ2v) is 4.61. The van der Waals surface area contributed by atoms with E-state index in [0.29, 0.717) is 13.2 Å². The fourth-order valence-electron chi connectivity index (χ4n) is 1.27. The Labute approximate surface area is 104 Å². The molecule has 1 aromatic rings. The van der Waals surface area contributed by atoms with Gasteiger partial charge in [-0.1, -0.05) is 30.9 Å². The quantitative estimate of drug-likeness (QED) is 0.809. The molecule has 17 heavy (non-hydrogen) atoms. The first-order valence-corrected chi connectivity index (χ1v) is 5.99. The van der Waals surface area contributed by atoms with Crippen LogP contribution in [0.4, 0.5) is 0 Å². The molecule has 0 saturated heterocycles. The van der Waals surface area contributed by atoms with Crippen LogP contribution in [0.3, 0.4) is 0 Å². The Bertz CT molecular complexity index is 412. The van der Waals surface area contributed by atoms with Gasteiger partial charge in [0.05, 0.1) is 18.8 Å². The molecule has 0 bridgehead atoms. The van der Waals surface area contributed by atoms with Gasteiger partial charge in [0.25, 0.3) is 0 Å². The summed E-state index contributed by atoms with van der Waals surface area (Å²) in [6, 6.07) is 8.09. The van der Waals surface area contributed by atoms with E-state index in [9.17, 15) is 0 Å². The van der Waals surface area contributed by atoms with Gasteiger partial charge in [0.2, 0.25) is 0 Å². The van der Waals surface area contributed by atoms with Crippen molar-refractivity contribution in [1.82, 2.24) is 0 Å². The van der Waals surface area contributed by atoms with Crippen LogP contribution < -0.4 is 5.73 Å². The molecule has 1 aromatic carbocycles. The maximum absolute atomic E-state index is 5.85. The standard InChI is InChI=1S/C15H21NO/c1-4-15(2,3)17-12-14-8-5-7-13(11-14)9-6-10-16/h5,7-8,11H,4,10,12,16H2,1-3H3. The lowest BCUT2D eigenvalue weighted by atomic mass is 10.1. The Balaban J connectivity index is 2.66. The molecule has 0 radical (unpaired) electrons. The Kier molecular flexibility index (Phi) is 5.21. The van der Waals surface area contributed by atoms with Crippen LogP contribution in [-0.4, -0.2) is 12.1 Å². The lowest BCUT2D eigenvalue weighted by Crippen LogP contribution is -2.22. The molecule has 0 aliphatic rings. The first kappa shape index (κ1) is 13.8. The van der Waals surface area contributed by atoms with Crippen molar-refractivity contribution >= 4 is 0 Å². The number of nitrogens with two attached hydrogens (primary N) is 1. The smallest absolute Gasteiger partial charge is 0.0724 e. The van der Waals surface area contributed by atoms with E-state index in [1.807, 2.05) is 12.1 Å². The predicted octanol–water partition coefficient (Wildman–Crippen LogP) is 2.70. The second kappa shape index (κ2) is 6.44. The summed E-state index contributed by atoms with van der Waals surface area (Å²) in [5.41, 5.74) is 7.42. The number of rotatable bonds is 4. The van der Waals surface area contributed by atoms with Crippen molar-refractivity contribution in [3.8, 4) is 11.8 Å². The molecule has 1 rings (SSSR count). The molecule has 2 nitrogen and oxygen atoms in total. The van der Waals surface area contributed by atoms with Crippen molar-refractivity contribution in [2.45, 2.75) is 39.4 Å². The molecule has 0 heterocycles. The van der Waals surface area contributed by atoms with Crippen LogP contribution in [0, 0.1) is 11.8 Å². The Hall–Kier alpha value is -1.30. The topological polar surface area (TPSA) is 35.2 Å². The van der Waals surface area contributed by atoms with Gasteiger partial charge >= 0.3 is 0 Å². The van der Waals surface area contributed by atoms with Gasteiger partial charge in [-0.25, -0.2) is 0 Å². The van der Waals surface area contributed by atoms with E-state index in [1.54, 1.807) is 0 Å². The minimum absolute atomic E-state index is 0.0705. The third-order valence-electron chi connectivity index (χ3n) is 2.74. The molecular weight excluding hydrogens is 210 g/mol. The average molecular weight is 231 g/mol. The van der Waals surface area contributed by atoms with E-state index in [4.69, 9.17) is 10.5 Å². The van der Waals surface area contributed by atoms with Gasteiger partial charge in [-0.05, 0) is 38.0 Å². The maximum Gasteiger partial charge on any atom is 0.0724 e. The molecule has 2 N–H and O–H groups in total. The highest BCUT2D eigenvalue weighted by molar-refractivity contribution is 5.37. The maximum atomic E-state index is 5.85. The fourth-order valence-corrected chi connectivity index (χ4v) is 1.27. The highest BCUT2D eigenvalue weighted by atomic mass is 16.5. The normalized spacial score (nSPS) is 10.8. The monoisotopic (exact) mass is 231 g/mol. The van der Waals surface area contributed by atoms with Gasteiger partial charge < -0.3 is 10.5 Å². The summed E-state index contributed by atoms with van der Waals surface area (Å²) < 4.78 is 5.85. The SMILES string of the molecule is CCC(C)(C)OCc1cccc(C#CCN)c1. The zero-order valence-electron chi connectivity index (χ0n) is 10.9.